The van der Waals surface area contributed by atoms with Gasteiger partial charge in [0.05, 0.1) is 4.91 Å². The van der Waals surface area contributed by atoms with E-state index in [1.54, 1.807) is 29.6 Å². The highest BCUT2D eigenvalue weighted by Crippen LogP contribution is 2.35. The Labute approximate surface area is 187 Å². The van der Waals surface area contributed by atoms with E-state index in [1.807, 2.05) is 26.8 Å². The number of hydrogen-bond donors (Lipinski definition) is 0. The van der Waals surface area contributed by atoms with E-state index in [0.29, 0.717) is 59.6 Å². The summed E-state index contributed by atoms with van der Waals surface area (Å²) in [4.78, 5) is 30.0. The van der Waals surface area contributed by atoms with Crippen LogP contribution in [-0.4, -0.2) is 53.0 Å². The molecule has 0 radical (unpaired) electrons. The zero-order valence-corrected chi connectivity index (χ0v) is 19.8. The summed E-state index contributed by atoms with van der Waals surface area (Å²) in [7, 11) is 1.62. The molecule has 1 aromatic rings. The fourth-order valence-corrected chi connectivity index (χ4v) is 4.78. The highest BCUT2D eigenvalue weighted by atomic mass is 32.2. The number of pyridine rings is 1. The van der Waals surface area contributed by atoms with Gasteiger partial charge in [0.1, 0.15) is 21.8 Å². The third-order valence-corrected chi connectivity index (χ3v) is 6.48. The van der Waals surface area contributed by atoms with E-state index in [-0.39, 0.29) is 17.0 Å². The molecular formula is C21H28N4O3S2. The summed E-state index contributed by atoms with van der Waals surface area (Å²) in [5, 5.41) is 9.59. The lowest BCUT2D eigenvalue weighted by molar-refractivity contribution is -0.122. The summed E-state index contributed by atoms with van der Waals surface area (Å²) in [6, 6.07) is 2.05. The van der Waals surface area contributed by atoms with E-state index >= 15 is 0 Å². The number of hydrogen-bond acceptors (Lipinski definition) is 7. The molecule has 0 unspecified atom stereocenters. The van der Waals surface area contributed by atoms with Gasteiger partial charge in [-0.15, -0.1) is 0 Å². The van der Waals surface area contributed by atoms with Crippen molar-refractivity contribution in [3.63, 3.8) is 0 Å². The van der Waals surface area contributed by atoms with E-state index in [9.17, 15) is 14.9 Å². The average molecular weight is 449 g/mol. The van der Waals surface area contributed by atoms with Crippen molar-refractivity contribution in [1.29, 1.82) is 5.26 Å². The molecule has 162 valence electrons. The van der Waals surface area contributed by atoms with E-state index < -0.39 is 0 Å². The lowest BCUT2D eigenvalue weighted by atomic mass is 10.0. The largest absolute Gasteiger partial charge is 0.385 e. The van der Waals surface area contributed by atoms with Crippen LogP contribution < -0.4 is 10.5 Å². The summed E-state index contributed by atoms with van der Waals surface area (Å²) in [5.74, 6) is 0.576. The molecule has 9 heteroatoms. The number of anilines is 1. The zero-order chi connectivity index (χ0) is 22.4. The van der Waals surface area contributed by atoms with Gasteiger partial charge in [0, 0.05) is 45.5 Å². The number of amides is 1. The molecule has 1 fully saturated rings. The number of thioether (sulfide) groups is 1. The van der Waals surface area contributed by atoms with Crippen molar-refractivity contribution in [2.75, 3.05) is 38.3 Å². The van der Waals surface area contributed by atoms with E-state index in [1.165, 1.54) is 11.8 Å². The fraction of sp³-hybridized carbons (Fsp3) is 0.524. The fourth-order valence-electron chi connectivity index (χ4n) is 3.49. The quantitative estimate of drug-likeness (QED) is 0.326. The summed E-state index contributed by atoms with van der Waals surface area (Å²) in [6.45, 7) is 10.5. The Morgan fingerprint density at radius 2 is 1.93 bits per heavy atom. The van der Waals surface area contributed by atoms with Crippen molar-refractivity contribution in [1.82, 2.24) is 9.47 Å². The van der Waals surface area contributed by atoms with Crippen LogP contribution in [0.1, 0.15) is 43.9 Å². The summed E-state index contributed by atoms with van der Waals surface area (Å²) >= 11 is 6.66. The van der Waals surface area contributed by atoms with Crippen molar-refractivity contribution in [2.24, 2.45) is 0 Å². The van der Waals surface area contributed by atoms with Crippen LogP contribution in [-0.2, 0) is 16.1 Å². The average Bonchev–Trinajstić information content (AvgIpc) is 2.99. The standard InChI is InChI=1S/C21H28N4O3S2/c1-6-23(7-2)18-15(14(4)16(13-22)19(26)24(18)8-3)12-17-20(27)25(21(29)30-17)10-9-11-28-5/h12H,6-11H2,1-5H3/b17-12-. The van der Waals surface area contributed by atoms with Crippen LogP contribution in [0.25, 0.3) is 6.08 Å². The highest BCUT2D eigenvalue weighted by Gasteiger charge is 2.32. The van der Waals surface area contributed by atoms with Crippen molar-refractivity contribution in [3.8, 4) is 6.07 Å². The Morgan fingerprint density at radius 1 is 1.27 bits per heavy atom. The minimum Gasteiger partial charge on any atom is -0.385 e. The summed E-state index contributed by atoms with van der Waals surface area (Å²) < 4.78 is 7.19. The van der Waals surface area contributed by atoms with Gasteiger partial charge < -0.3 is 9.64 Å². The molecule has 2 heterocycles. The highest BCUT2D eigenvalue weighted by molar-refractivity contribution is 8.26. The van der Waals surface area contributed by atoms with Gasteiger partial charge in [0.15, 0.2) is 0 Å². The number of aromatic nitrogens is 1. The molecule has 1 amide bonds. The van der Waals surface area contributed by atoms with Gasteiger partial charge >= 0.3 is 0 Å². The molecule has 30 heavy (non-hydrogen) atoms. The van der Waals surface area contributed by atoms with E-state index in [4.69, 9.17) is 17.0 Å². The second-order valence-electron chi connectivity index (χ2n) is 6.75. The molecule has 1 aliphatic heterocycles. The minimum atomic E-state index is -0.302. The number of thiocarbonyl (C=S) groups is 1. The first kappa shape index (κ1) is 24.1. The summed E-state index contributed by atoms with van der Waals surface area (Å²) in [5.41, 5.74) is 1.10. The van der Waals surface area contributed by atoms with Gasteiger partial charge in [0.2, 0.25) is 0 Å². The van der Waals surface area contributed by atoms with Gasteiger partial charge in [-0.3, -0.25) is 19.1 Å². The van der Waals surface area contributed by atoms with Gasteiger partial charge in [-0.05, 0) is 45.8 Å². The topological polar surface area (TPSA) is 78.6 Å². The normalized spacial score (nSPS) is 15.2. The second kappa shape index (κ2) is 10.8. The smallest absolute Gasteiger partial charge is 0.270 e. The molecule has 0 aromatic carbocycles. The monoisotopic (exact) mass is 448 g/mol. The molecule has 1 aliphatic rings. The maximum Gasteiger partial charge on any atom is 0.270 e. The molecule has 0 spiro atoms. The van der Waals surface area contributed by atoms with Crippen LogP contribution in [0.4, 0.5) is 5.82 Å². The predicted octanol–water partition coefficient (Wildman–Crippen LogP) is 3.13. The van der Waals surface area contributed by atoms with Crippen LogP contribution in [0, 0.1) is 18.3 Å². The third-order valence-electron chi connectivity index (χ3n) is 5.10. The SMILES string of the molecule is CCN(CC)c1c(/C=C2\SC(=S)N(CCCOC)C2=O)c(C)c(C#N)c(=O)n1CC. The van der Waals surface area contributed by atoms with Crippen LogP contribution in [0.15, 0.2) is 9.70 Å². The number of carbonyl (C=O) groups is 1. The van der Waals surface area contributed by atoms with Gasteiger partial charge in [-0.25, -0.2) is 0 Å². The number of nitrogens with zero attached hydrogens (tertiary/aromatic N) is 4. The summed E-state index contributed by atoms with van der Waals surface area (Å²) in [6.07, 6.45) is 2.48. The zero-order valence-electron chi connectivity index (χ0n) is 18.2. The molecule has 0 N–H and O–H groups in total. The predicted molar refractivity (Wildman–Crippen MR) is 126 cm³/mol. The van der Waals surface area contributed by atoms with Crippen LogP contribution in [0.3, 0.4) is 0 Å². The Morgan fingerprint density at radius 3 is 2.47 bits per heavy atom. The molecule has 0 aliphatic carbocycles. The molecular weight excluding hydrogens is 420 g/mol. The first-order valence-corrected chi connectivity index (χ1v) is 11.2. The number of methoxy groups -OCH3 is 1. The number of nitriles is 1. The molecule has 0 bridgehead atoms. The van der Waals surface area contributed by atoms with E-state index in [0.717, 1.165) is 5.82 Å². The number of carbonyl (C=O) groups excluding carboxylic acids is 1. The Kier molecular flexibility index (Phi) is 8.65. The third kappa shape index (κ3) is 4.61. The minimum absolute atomic E-state index is 0.106. The van der Waals surface area contributed by atoms with Crippen LogP contribution in [0.2, 0.25) is 0 Å². The maximum atomic E-state index is 13.0. The molecule has 0 saturated carbocycles. The van der Waals surface area contributed by atoms with Gasteiger partial charge in [-0.2, -0.15) is 5.26 Å². The van der Waals surface area contributed by atoms with Crippen molar-refractivity contribution in [3.05, 3.63) is 31.9 Å². The van der Waals surface area contributed by atoms with E-state index in [2.05, 4.69) is 4.90 Å². The molecule has 1 saturated heterocycles. The first-order valence-electron chi connectivity index (χ1n) is 10.0. The maximum absolute atomic E-state index is 13.0. The Balaban J connectivity index is 2.66. The lowest BCUT2D eigenvalue weighted by Crippen LogP contribution is -2.34. The Hall–Kier alpha value is -2.15. The number of ether oxygens (including phenoxy) is 1. The molecule has 2 rings (SSSR count). The van der Waals surface area contributed by atoms with Gasteiger partial charge in [-0.1, -0.05) is 24.0 Å². The second-order valence-corrected chi connectivity index (χ2v) is 8.43. The van der Waals surface area contributed by atoms with Crippen molar-refractivity contribution < 1.29 is 9.53 Å². The first-order chi connectivity index (χ1) is 14.4. The lowest BCUT2D eigenvalue weighted by Gasteiger charge is -2.28. The van der Waals surface area contributed by atoms with Crippen LogP contribution >= 0.6 is 24.0 Å². The van der Waals surface area contributed by atoms with Crippen molar-refractivity contribution in [2.45, 2.75) is 40.7 Å². The number of rotatable bonds is 9. The molecule has 1 aromatic heterocycles. The molecule has 7 nitrogen and oxygen atoms in total. The van der Waals surface area contributed by atoms with Crippen molar-refractivity contribution >= 4 is 46.1 Å². The van der Waals surface area contributed by atoms with Crippen LogP contribution in [0.5, 0.6) is 0 Å². The molecule has 0 atom stereocenters. The Bertz CT molecular complexity index is 958. The van der Waals surface area contributed by atoms with Gasteiger partial charge in [0.25, 0.3) is 11.5 Å².